The van der Waals surface area contributed by atoms with Crippen LogP contribution in [0.15, 0.2) is 42.7 Å². The van der Waals surface area contributed by atoms with Gasteiger partial charge in [-0.15, -0.1) is 0 Å². The highest BCUT2D eigenvalue weighted by molar-refractivity contribution is 5.74. The number of nitrogens with one attached hydrogen (secondary N) is 3. The number of rotatable bonds is 7. The second kappa shape index (κ2) is 8.32. The molecule has 2 amide bonds. The summed E-state index contributed by atoms with van der Waals surface area (Å²) in [6.45, 7) is 4.83. The number of carbonyl (C=O) groups is 1. The topological polar surface area (TPSA) is 82.2 Å². The van der Waals surface area contributed by atoms with Crippen molar-refractivity contribution in [3.05, 3.63) is 48.3 Å². The van der Waals surface area contributed by atoms with Gasteiger partial charge in [0.05, 0.1) is 0 Å². The number of hydrogen-bond acceptors (Lipinski definition) is 5. The van der Waals surface area contributed by atoms with Gasteiger partial charge in [0, 0.05) is 50.3 Å². The molecule has 1 aliphatic rings. The number of amides is 2. The first-order chi connectivity index (χ1) is 12.2. The van der Waals surface area contributed by atoms with Crippen LogP contribution in [0.4, 0.5) is 16.4 Å². The normalized spacial score (nSPS) is 13.9. The fraction of sp³-hybridized carbons (Fsp3) is 0.389. The van der Waals surface area contributed by atoms with Gasteiger partial charge in [0.15, 0.2) is 0 Å². The van der Waals surface area contributed by atoms with Gasteiger partial charge in [-0.3, -0.25) is 0 Å². The Hall–Kier alpha value is -2.83. The number of nitrogens with zero attached hydrogens (tertiary/aromatic N) is 3. The van der Waals surface area contributed by atoms with Gasteiger partial charge in [-0.05, 0) is 31.0 Å². The zero-order chi connectivity index (χ0) is 17.5. The lowest BCUT2D eigenvalue weighted by Crippen LogP contribution is -2.45. The molecule has 0 fully saturated rings. The van der Waals surface area contributed by atoms with Gasteiger partial charge >= 0.3 is 6.03 Å². The molecule has 0 aliphatic carbocycles. The van der Waals surface area contributed by atoms with Crippen molar-refractivity contribution in [3.63, 3.8) is 0 Å². The van der Waals surface area contributed by atoms with Crippen LogP contribution in [0.5, 0.6) is 0 Å². The van der Waals surface area contributed by atoms with E-state index in [1.165, 1.54) is 11.3 Å². The Labute approximate surface area is 147 Å². The van der Waals surface area contributed by atoms with Gasteiger partial charge in [-0.1, -0.05) is 18.2 Å². The molecule has 0 radical (unpaired) electrons. The zero-order valence-corrected chi connectivity index (χ0v) is 14.4. The van der Waals surface area contributed by atoms with Gasteiger partial charge in [-0.25, -0.2) is 14.8 Å². The van der Waals surface area contributed by atoms with Crippen molar-refractivity contribution in [2.75, 3.05) is 36.4 Å². The minimum absolute atomic E-state index is 0.157. The highest BCUT2D eigenvalue weighted by Gasteiger charge is 2.22. The summed E-state index contributed by atoms with van der Waals surface area (Å²) in [7, 11) is 0. The van der Waals surface area contributed by atoms with Crippen LogP contribution in [0.3, 0.4) is 0 Å². The predicted molar refractivity (Wildman–Crippen MR) is 98.9 cm³/mol. The molecule has 3 rings (SSSR count). The largest absolute Gasteiger partial charge is 0.366 e. The molecule has 3 N–H and O–H groups in total. The van der Waals surface area contributed by atoms with Crippen molar-refractivity contribution in [2.24, 2.45) is 0 Å². The van der Waals surface area contributed by atoms with Crippen LogP contribution in [0.25, 0.3) is 0 Å². The number of hydrogen-bond donors (Lipinski definition) is 3. The maximum Gasteiger partial charge on any atom is 0.314 e. The van der Waals surface area contributed by atoms with Crippen molar-refractivity contribution in [1.29, 1.82) is 0 Å². The molecule has 1 aromatic heterocycles. The fourth-order valence-corrected chi connectivity index (χ4v) is 2.98. The quantitative estimate of drug-likeness (QED) is 0.668. The van der Waals surface area contributed by atoms with E-state index in [4.69, 9.17) is 0 Å². The van der Waals surface area contributed by atoms with E-state index in [0.717, 1.165) is 13.0 Å². The standard InChI is InChI=1S/C18H24N6O/c1-14(24-12-7-15-5-2-3-6-16(15)24)13-23-18(25)22-11-10-21-17-19-8-4-9-20-17/h2-6,8-9,14H,7,10-13H2,1H3,(H,19,20,21)(H2,22,23,25)/t14-/m1/s1. The number of carbonyl (C=O) groups excluding carboxylic acids is 1. The Morgan fingerprint density at radius 1 is 1.16 bits per heavy atom. The number of para-hydroxylation sites is 1. The zero-order valence-electron chi connectivity index (χ0n) is 14.4. The molecule has 0 spiro atoms. The van der Waals surface area contributed by atoms with E-state index in [0.29, 0.717) is 25.6 Å². The average molecular weight is 340 g/mol. The first-order valence-corrected chi connectivity index (χ1v) is 8.61. The highest BCUT2D eigenvalue weighted by Crippen LogP contribution is 2.28. The fourth-order valence-electron chi connectivity index (χ4n) is 2.98. The van der Waals surface area contributed by atoms with Gasteiger partial charge in [0.2, 0.25) is 5.95 Å². The second-order valence-corrected chi connectivity index (χ2v) is 6.06. The molecule has 25 heavy (non-hydrogen) atoms. The molecular formula is C18H24N6O. The lowest BCUT2D eigenvalue weighted by molar-refractivity contribution is 0.240. The molecule has 0 saturated carbocycles. The number of urea groups is 1. The van der Waals surface area contributed by atoms with Crippen LogP contribution in [-0.4, -0.2) is 48.2 Å². The summed E-state index contributed by atoms with van der Waals surface area (Å²) in [5.74, 6) is 0.561. The summed E-state index contributed by atoms with van der Waals surface area (Å²) in [6, 6.07) is 10.3. The molecule has 1 aliphatic heterocycles. The Bertz CT molecular complexity index is 693. The molecular weight excluding hydrogens is 316 g/mol. The lowest BCUT2D eigenvalue weighted by atomic mass is 10.2. The molecule has 2 heterocycles. The van der Waals surface area contributed by atoms with Crippen molar-refractivity contribution in [3.8, 4) is 0 Å². The summed E-state index contributed by atoms with van der Waals surface area (Å²) in [4.78, 5) is 22.4. The summed E-state index contributed by atoms with van der Waals surface area (Å²) in [5.41, 5.74) is 2.66. The molecule has 1 atom stereocenters. The molecule has 7 nitrogen and oxygen atoms in total. The van der Waals surface area contributed by atoms with Gasteiger partial charge in [0.1, 0.15) is 0 Å². The van der Waals surface area contributed by atoms with E-state index >= 15 is 0 Å². The van der Waals surface area contributed by atoms with Crippen molar-refractivity contribution >= 4 is 17.7 Å². The van der Waals surface area contributed by atoms with Gasteiger partial charge < -0.3 is 20.9 Å². The molecule has 0 bridgehead atoms. The lowest BCUT2D eigenvalue weighted by Gasteiger charge is -2.27. The Morgan fingerprint density at radius 2 is 1.96 bits per heavy atom. The minimum atomic E-state index is -0.157. The summed E-state index contributed by atoms with van der Waals surface area (Å²) in [5, 5.41) is 8.82. The first kappa shape index (κ1) is 17.0. The van der Waals surface area contributed by atoms with Crippen LogP contribution in [0.1, 0.15) is 12.5 Å². The summed E-state index contributed by atoms with van der Waals surface area (Å²) < 4.78 is 0. The number of anilines is 2. The number of benzene rings is 1. The van der Waals surface area contributed by atoms with Crippen molar-refractivity contribution in [2.45, 2.75) is 19.4 Å². The first-order valence-electron chi connectivity index (χ1n) is 8.61. The third kappa shape index (κ3) is 4.59. The summed E-state index contributed by atoms with van der Waals surface area (Å²) >= 11 is 0. The monoisotopic (exact) mass is 340 g/mol. The van der Waals surface area contributed by atoms with Crippen LogP contribution >= 0.6 is 0 Å². The summed E-state index contributed by atoms with van der Waals surface area (Å²) in [6.07, 6.45) is 4.42. The van der Waals surface area contributed by atoms with Crippen LogP contribution in [0, 0.1) is 0 Å². The van der Waals surface area contributed by atoms with Gasteiger partial charge in [0.25, 0.3) is 0 Å². The highest BCUT2D eigenvalue weighted by atomic mass is 16.2. The van der Waals surface area contributed by atoms with Crippen LogP contribution in [0.2, 0.25) is 0 Å². The van der Waals surface area contributed by atoms with E-state index in [1.54, 1.807) is 18.5 Å². The SMILES string of the molecule is C[C@H](CNC(=O)NCCNc1ncccn1)N1CCc2ccccc21. The molecule has 7 heteroatoms. The van der Waals surface area contributed by atoms with E-state index < -0.39 is 0 Å². The van der Waals surface area contributed by atoms with E-state index in [-0.39, 0.29) is 12.1 Å². The number of fused-ring (bicyclic) bond motifs is 1. The molecule has 1 aromatic carbocycles. The molecule has 2 aromatic rings. The van der Waals surface area contributed by atoms with E-state index in [2.05, 4.69) is 62.0 Å². The molecule has 132 valence electrons. The maximum atomic E-state index is 11.9. The number of aromatic nitrogens is 2. The smallest absolute Gasteiger partial charge is 0.314 e. The Balaban J connectivity index is 1.35. The Morgan fingerprint density at radius 3 is 2.80 bits per heavy atom. The van der Waals surface area contributed by atoms with E-state index in [9.17, 15) is 4.79 Å². The predicted octanol–water partition coefficient (Wildman–Crippen LogP) is 1.64. The molecule has 0 unspecified atom stereocenters. The maximum absolute atomic E-state index is 11.9. The second-order valence-electron chi connectivity index (χ2n) is 6.06. The minimum Gasteiger partial charge on any atom is -0.366 e. The third-order valence-corrected chi connectivity index (χ3v) is 4.27. The van der Waals surface area contributed by atoms with Crippen LogP contribution < -0.4 is 20.9 Å². The average Bonchev–Trinajstić information content (AvgIpc) is 3.08. The van der Waals surface area contributed by atoms with Crippen molar-refractivity contribution in [1.82, 2.24) is 20.6 Å². The Kier molecular flexibility index (Phi) is 5.66. The molecule has 0 saturated heterocycles. The van der Waals surface area contributed by atoms with Gasteiger partial charge in [-0.2, -0.15) is 0 Å². The van der Waals surface area contributed by atoms with Crippen LogP contribution in [-0.2, 0) is 6.42 Å². The third-order valence-electron chi connectivity index (χ3n) is 4.27. The van der Waals surface area contributed by atoms with Crippen molar-refractivity contribution < 1.29 is 4.79 Å². The van der Waals surface area contributed by atoms with E-state index in [1.807, 2.05) is 0 Å².